The van der Waals surface area contributed by atoms with Gasteiger partial charge in [-0.15, -0.1) is 0 Å². The number of hydrogen-bond acceptors (Lipinski definition) is 3. The van der Waals surface area contributed by atoms with Crippen LogP contribution in [-0.4, -0.2) is 41.0 Å². The van der Waals surface area contributed by atoms with Gasteiger partial charge in [0, 0.05) is 38.1 Å². The van der Waals surface area contributed by atoms with Gasteiger partial charge in [-0.3, -0.25) is 4.90 Å². The zero-order chi connectivity index (χ0) is 13.2. The Bertz CT molecular complexity index is 375. The van der Waals surface area contributed by atoms with Gasteiger partial charge < -0.3 is 10.3 Å². The first kappa shape index (κ1) is 13.6. The van der Waals surface area contributed by atoms with E-state index in [2.05, 4.69) is 47.9 Å². The Labute approximate surface area is 110 Å². The SMILES string of the molecule is CC(C)Cc1cnc(C(C)(C)N2CCNCC2)[nH]1. The summed E-state index contributed by atoms with van der Waals surface area (Å²) in [6, 6.07) is 0. The lowest BCUT2D eigenvalue weighted by Gasteiger charge is -2.39. The minimum atomic E-state index is -0.00265. The third-order valence-corrected chi connectivity index (χ3v) is 3.74. The average molecular weight is 250 g/mol. The first-order valence-electron chi connectivity index (χ1n) is 7.00. The van der Waals surface area contributed by atoms with E-state index in [0.29, 0.717) is 5.92 Å². The van der Waals surface area contributed by atoms with Gasteiger partial charge in [0.05, 0.1) is 5.54 Å². The van der Waals surface area contributed by atoms with Crippen LogP contribution in [0.3, 0.4) is 0 Å². The molecule has 2 rings (SSSR count). The van der Waals surface area contributed by atoms with Crippen molar-refractivity contribution in [1.82, 2.24) is 20.2 Å². The molecule has 102 valence electrons. The number of H-pyrrole nitrogens is 1. The van der Waals surface area contributed by atoms with Crippen molar-refractivity contribution in [2.75, 3.05) is 26.2 Å². The van der Waals surface area contributed by atoms with Crippen molar-refractivity contribution >= 4 is 0 Å². The third-order valence-electron chi connectivity index (χ3n) is 3.74. The number of imidazole rings is 1. The molecule has 1 saturated heterocycles. The molecule has 1 aromatic rings. The van der Waals surface area contributed by atoms with E-state index in [9.17, 15) is 0 Å². The molecule has 2 N–H and O–H groups in total. The van der Waals surface area contributed by atoms with E-state index in [-0.39, 0.29) is 5.54 Å². The first-order chi connectivity index (χ1) is 8.50. The summed E-state index contributed by atoms with van der Waals surface area (Å²) >= 11 is 0. The van der Waals surface area contributed by atoms with Crippen molar-refractivity contribution in [3.8, 4) is 0 Å². The second kappa shape index (κ2) is 5.41. The van der Waals surface area contributed by atoms with Gasteiger partial charge in [-0.2, -0.15) is 0 Å². The summed E-state index contributed by atoms with van der Waals surface area (Å²) in [5.74, 6) is 1.76. The quantitative estimate of drug-likeness (QED) is 0.855. The first-order valence-corrected chi connectivity index (χ1v) is 7.00. The lowest BCUT2D eigenvalue weighted by atomic mass is 10.0. The van der Waals surface area contributed by atoms with Gasteiger partial charge in [-0.05, 0) is 26.2 Å². The van der Waals surface area contributed by atoms with E-state index >= 15 is 0 Å². The summed E-state index contributed by atoms with van der Waals surface area (Å²) < 4.78 is 0. The molecule has 1 fully saturated rings. The number of aromatic amines is 1. The van der Waals surface area contributed by atoms with Gasteiger partial charge >= 0.3 is 0 Å². The normalized spacial score (nSPS) is 18.5. The molecule has 0 atom stereocenters. The molecule has 0 aromatic carbocycles. The fourth-order valence-electron chi connectivity index (χ4n) is 2.59. The molecule has 0 aliphatic carbocycles. The monoisotopic (exact) mass is 250 g/mol. The Morgan fingerprint density at radius 2 is 2.00 bits per heavy atom. The summed E-state index contributed by atoms with van der Waals surface area (Å²) in [6.45, 7) is 13.3. The van der Waals surface area contributed by atoms with Crippen LogP contribution < -0.4 is 5.32 Å². The standard InChI is InChI=1S/C14H26N4/c1-11(2)9-12-10-16-13(17-12)14(3,4)18-7-5-15-6-8-18/h10-11,15H,5-9H2,1-4H3,(H,16,17). The van der Waals surface area contributed by atoms with E-state index in [1.165, 1.54) is 5.69 Å². The van der Waals surface area contributed by atoms with Crippen LogP contribution in [0.25, 0.3) is 0 Å². The molecule has 4 heteroatoms. The predicted octanol–water partition coefficient (Wildman–Crippen LogP) is 1.75. The number of aromatic nitrogens is 2. The van der Waals surface area contributed by atoms with Crippen molar-refractivity contribution in [3.05, 3.63) is 17.7 Å². The van der Waals surface area contributed by atoms with Crippen LogP contribution in [0.4, 0.5) is 0 Å². The van der Waals surface area contributed by atoms with Crippen molar-refractivity contribution in [2.45, 2.75) is 39.7 Å². The number of nitrogens with one attached hydrogen (secondary N) is 2. The number of rotatable bonds is 4. The Kier molecular flexibility index (Phi) is 4.07. The lowest BCUT2D eigenvalue weighted by Crippen LogP contribution is -2.52. The smallest absolute Gasteiger partial charge is 0.126 e. The molecule has 0 unspecified atom stereocenters. The summed E-state index contributed by atoms with van der Waals surface area (Å²) in [5, 5.41) is 3.40. The Morgan fingerprint density at radius 1 is 1.33 bits per heavy atom. The van der Waals surface area contributed by atoms with Crippen molar-refractivity contribution < 1.29 is 0 Å². The molecule has 2 heterocycles. The van der Waals surface area contributed by atoms with E-state index in [4.69, 9.17) is 0 Å². The Hall–Kier alpha value is -0.870. The van der Waals surface area contributed by atoms with E-state index in [0.717, 1.165) is 38.4 Å². The molecular formula is C14H26N4. The molecule has 0 spiro atoms. The lowest BCUT2D eigenvalue weighted by molar-refractivity contribution is 0.0955. The summed E-state index contributed by atoms with van der Waals surface area (Å²) in [5.41, 5.74) is 1.25. The topological polar surface area (TPSA) is 44.0 Å². The van der Waals surface area contributed by atoms with E-state index in [1.54, 1.807) is 0 Å². The average Bonchev–Trinajstić information content (AvgIpc) is 2.78. The van der Waals surface area contributed by atoms with Gasteiger partial charge in [0.25, 0.3) is 0 Å². The Balaban J connectivity index is 2.10. The van der Waals surface area contributed by atoms with Gasteiger partial charge in [0.15, 0.2) is 0 Å². The van der Waals surface area contributed by atoms with Crippen LogP contribution in [0.2, 0.25) is 0 Å². The zero-order valence-electron chi connectivity index (χ0n) is 12.1. The van der Waals surface area contributed by atoms with Crippen molar-refractivity contribution in [3.63, 3.8) is 0 Å². The summed E-state index contributed by atoms with van der Waals surface area (Å²) in [4.78, 5) is 10.6. The number of nitrogens with zero attached hydrogens (tertiary/aromatic N) is 2. The molecule has 18 heavy (non-hydrogen) atoms. The summed E-state index contributed by atoms with van der Waals surface area (Å²) in [7, 11) is 0. The maximum absolute atomic E-state index is 4.60. The number of hydrogen-bond donors (Lipinski definition) is 2. The highest BCUT2D eigenvalue weighted by atomic mass is 15.3. The van der Waals surface area contributed by atoms with Crippen molar-refractivity contribution in [2.24, 2.45) is 5.92 Å². The van der Waals surface area contributed by atoms with Crippen LogP contribution >= 0.6 is 0 Å². The predicted molar refractivity (Wildman–Crippen MR) is 74.6 cm³/mol. The highest BCUT2D eigenvalue weighted by Crippen LogP contribution is 2.25. The fourth-order valence-corrected chi connectivity index (χ4v) is 2.59. The minimum absolute atomic E-state index is 0.00265. The number of piperazine rings is 1. The van der Waals surface area contributed by atoms with Gasteiger partial charge in [0.2, 0.25) is 0 Å². The molecular weight excluding hydrogens is 224 g/mol. The molecule has 1 aromatic heterocycles. The maximum atomic E-state index is 4.60. The van der Waals surface area contributed by atoms with Crippen LogP contribution in [0.5, 0.6) is 0 Å². The summed E-state index contributed by atoms with van der Waals surface area (Å²) in [6.07, 6.45) is 3.07. The van der Waals surface area contributed by atoms with Crippen LogP contribution in [0, 0.1) is 5.92 Å². The highest BCUT2D eigenvalue weighted by molar-refractivity contribution is 5.10. The van der Waals surface area contributed by atoms with Crippen LogP contribution in [0.15, 0.2) is 6.20 Å². The highest BCUT2D eigenvalue weighted by Gasteiger charge is 2.32. The molecule has 0 amide bonds. The maximum Gasteiger partial charge on any atom is 0.126 e. The minimum Gasteiger partial charge on any atom is -0.344 e. The van der Waals surface area contributed by atoms with Gasteiger partial charge in [-0.1, -0.05) is 13.8 Å². The molecule has 0 radical (unpaired) electrons. The molecule has 0 bridgehead atoms. The zero-order valence-corrected chi connectivity index (χ0v) is 12.1. The third kappa shape index (κ3) is 2.93. The van der Waals surface area contributed by atoms with Gasteiger partial charge in [0.1, 0.15) is 5.82 Å². The molecule has 4 nitrogen and oxygen atoms in total. The van der Waals surface area contributed by atoms with E-state index < -0.39 is 0 Å². The molecule has 1 aliphatic rings. The second-order valence-corrected chi connectivity index (χ2v) is 6.15. The Morgan fingerprint density at radius 3 is 2.61 bits per heavy atom. The van der Waals surface area contributed by atoms with Crippen molar-refractivity contribution in [1.29, 1.82) is 0 Å². The van der Waals surface area contributed by atoms with Crippen LogP contribution in [-0.2, 0) is 12.0 Å². The second-order valence-electron chi connectivity index (χ2n) is 6.15. The largest absolute Gasteiger partial charge is 0.344 e. The fraction of sp³-hybridized carbons (Fsp3) is 0.786. The molecule has 0 saturated carbocycles. The molecule has 1 aliphatic heterocycles. The van der Waals surface area contributed by atoms with Crippen LogP contribution in [0.1, 0.15) is 39.2 Å². The van der Waals surface area contributed by atoms with Gasteiger partial charge in [-0.25, -0.2) is 4.98 Å². The van der Waals surface area contributed by atoms with E-state index in [1.807, 2.05) is 6.20 Å².